The molecule has 0 aliphatic carbocycles. The SMILES string of the molecule is CCCCCCCCCCC(N)[Si](OC)(OC)OC. The van der Waals surface area contributed by atoms with E-state index in [1.807, 2.05) is 0 Å². The van der Waals surface area contributed by atoms with E-state index in [1.54, 1.807) is 21.3 Å². The van der Waals surface area contributed by atoms with E-state index < -0.39 is 8.80 Å². The van der Waals surface area contributed by atoms with Gasteiger partial charge in [-0.15, -0.1) is 0 Å². The van der Waals surface area contributed by atoms with Gasteiger partial charge in [-0.3, -0.25) is 0 Å². The maximum absolute atomic E-state index is 6.15. The molecule has 0 saturated heterocycles. The Labute approximate surface area is 120 Å². The van der Waals surface area contributed by atoms with Crippen LogP contribution in [0.2, 0.25) is 0 Å². The average molecular weight is 292 g/mol. The Kier molecular flexibility index (Phi) is 11.9. The monoisotopic (exact) mass is 291 g/mol. The van der Waals surface area contributed by atoms with Crippen molar-refractivity contribution in [3.8, 4) is 0 Å². The van der Waals surface area contributed by atoms with E-state index in [0.717, 1.165) is 12.8 Å². The molecule has 0 radical (unpaired) electrons. The van der Waals surface area contributed by atoms with Crippen molar-refractivity contribution in [1.82, 2.24) is 0 Å². The van der Waals surface area contributed by atoms with Gasteiger partial charge in [-0.1, -0.05) is 58.3 Å². The summed E-state index contributed by atoms with van der Waals surface area (Å²) in [4.78, 5) is 0. The fourth-order valence-corrected chi connectivity index (χ4v) is 4.34. The van der Waals surface area contributed by atoms with Crippen LogP contribution in [0.15, 0.2) is 0 Å². The number of nitrogens with two attached hydrogens (primary N) is 1. The summed E-state index contributed by atoms with van der Waals surface area (Å²) in [7, 11) is 2.22. The Morgan fingerprint density at radius 2 is 1.21 bits per heavy atom. The van der Waals surface area contributed by atoms with Gasteiger partial charge in [0.25, 0.3) is 0 Å². The minimum atomic E-state index is -2.63. The molecule has 0 spiro atoms. The Bertz CT molecular complexity index is 193. The number of hydrogen-bond donors (Lipinski definition) is 1. The van der Waals surface area contributed by atoms with Gasteiger partial charge in [0.1, 0.15) is 0 Å². The molecule has 0 heterocycles. The molecule has 19 heavy (non-hydrogen) atoms. The third-order valence-corrected chi connectivity index (χ3v) is 6.58. The molecule has 0 rings (SSSR count). The number of hydrogen-bond acceptors (Lipinski definition) is 4. The highest BCUT2D eigenvalue weighted by Gasteiger charge is 2.44. The Morgan fingerprint density at radius 3 is 1.63 bits per heavy atom. The molecular formula is C14H33NO3Si. The quantitative estimate of drug-likeness (QED) is 0.418. The Hall–Kier alpha value is 0.0569. The maximum Gasteiger partial charge on any atom is 0.517 e. The zero-order chi connectivity index (χ0) is 14.6. The van der Waals surface area contributed by atoms with Gasteiger partial charge in [0.05, 0.1) is 5.67 Å². The molecule has 0 aromatic rings. The molecule has 1 unspecified atom stereocenters. The first-order valence-electron chi connectivity index (χ1n) is 7.57. The largest absolute Gasteiger partial charge is 0.517 e. The maximum atomic E-state index is 6.15. The van der Waals surface area contributed by atoms with E-state index in [9.17, 15) is 0 Å². The van der Waals surface area contributed by atoms with Crippen LogP contribution in [-0.2, 0) is 13.3 Å². The van der Waals surface area contributed by atoms with Crippen molar-refractivity contribution in [3.63, 3.8) is 0 Å². The highest BCUT2D eigenvalue weighted by molar-refractivity contribution is 6.62. The first kappa shape index (κ1) is 19.1. The van der Waals surface area contributed by atoms with Gasteiger partial charge < -0.3 is 19.0 Å². The molecule has 1 atom stereocenters. The van der Waals surface area contributed by atoms with Crippen LogP contribution in [0.1, 0.15) is 64.7 Å². The van der Waals surface area contributed by atoms with E-state index in [-0.39, 0.29) is 5.67 Å². The summed E-state index contributed by atoms with van der Waals surface area (Å²) in [6, 6.07) is 0. The summed E-state index contributed by atoms with van der Waals surface area (Å²) in [5.74, 6) is 0. The van der Waals surface area contributed by atoms with E-state index in [2.05, 4.69) is 6.92 Å². The fourth-order valence-electron chi connectivity index (χ4n) is 2.38. The summed E-state index contributed by atoms with van der Waals surface area (Å²) in [5, 5.41) is 0. The van der Waals surface area contributed by atoms with Crippen molar-refractivity contribution in [2.24, 2.45) is 5.73 Å². The summed E-state index contributed by atoms with van der Waals surface area (Å²) in [6.07, 6.45) is 11.4. The number of unbranched alkanes of at least 4 members (excludes halogenated alkanes) is 7. The van der Waals surface area contributed by atoms with Gasteiger partial charge in [0.15, 0.2) is 0 Å². The van der Waals surface area contributed by atoms with Crippen molar-refractivity contribution < 1.29 is 13.3 Å². The predicted molar refractivity (Wildman–Crippen MR) is 82.0 cm³/mol. The number of rotatable bonds is 13. The van der Waals surface area contributed by atoms with Crippen LogP contribution in [0.5, 0.6) is 0 Å². The molecule has 0 saturated carbocycles. The molecule has 0 aromatic carbocycles. The van der Waals surface area contributed by atoms with E-state index in [1.165, 1.54) is 44.9 Å². The highest BCUT2D eigenvalue weighted by Crippen LogP contribution is 2.16. The lowest BCUT2D eigenvalue weighted by Gasteiger charge is -2.29. The highest BCUT2D eigenvalue weighted by atomic mass is 28.4. The molecule has 2 N–H and O–H groups in total. The topological polar surface area (TPSA) is 53.7 Å². The lowest BCUT2D eigenvalue weighted by molar-refractivity contribution is 0.111. The second-order valence-corrected chi connectivity index (χ2v) is 8.26. The normalized spacial score (nSPS) is 13.7. The lowest BCUT2D eigenvalue weighted by Crippen LogP contribution is -2.58. The Balaban J connectivity index is 3.64. The molecule has 0 aromatic heterocycles. The second-order valence-electron chi connectivity index (χ2n) is 5.09. The molecular weight excluding hydrogens is 258 g/mol. The fraction of sp³-hybridized carbons (Fsp3) is 1.00. The summed E-state index contributed by atoms with van der Waals surface area (Å²) >= 11 is 0. The zero-order valence-corrected chi connectivity index (χ0v) is 14.2. The van der Waals surface area contributed by atoms with Crippen LogP contribution in [0.3, 0.4) is 0 Å². The first-order chi connectivity index (χ1) is 9.16. The van der Waals surface area contributed by atoms with Gasteiger partial charge in [0, 0.05) is 21.3 Å². The minimum Gasteiger partial charge on any atom is -0.376 e. The molecule has 0 fully saturated rings. The van der Waals surface area contributed by atoms with Crippen molar-refractivity contribution in [2.45, 2.75) is 70.4 Å². The van der Waals surface area contributed by atoms with E-state index in [4.69, 9.17) is 19.0 Å². The van der Waals surface area contributed by atoms with Crippen LogP contribution in [0.25, 0.3) is 0 Å². The van der Waals surface area contributed by atoms with Crippen molar-refractivity contribution in [3.05, 3.63) is 0 Å². The zero-order valence-electron chi connectivity index (χ0n) is 13.2. The third kappa shape index (κ3) is 7.42. The van der Waals surface area contributed by atoms with Crippen molar-refractivity contribution in [2.75, 3.05) is 21.3 Å². The minimum absolute atomic E-state index is 0.118. The standard InChI is InChI=1S/C14H33NO3Si/c1-5-6-7-8-9-10-11-12-13-14(15)19(16-2,17-3)18-4/h14H,5-13,15H2,1-4H3. The molecule has 0 aliphatic rings. The summed E-state index contributed by atoms with van der Waals surface area (Å²) in [5.41, 5.74) is 6.03. The third-order valence-electron chi connectivity index (χ3n) is 3.68. The van der Waals surface area contributed by atoms with Gasteiger partial charge in [-0.25, -0.2) is 0 Å². The smallest absolute Gasteiger partial charge is 0.376 e. The lowest BCUT2D eigenvalue weighted by atomic mass is 10.1. The summed E-state index contributed by atoms with van der Waals surface area (Å²) < 4.78 is 16.2. The molecule has 0 bridgehead atoms. The van der Waals surface area contributed by atoms with E-state index >= 15 is 0 Å². The molecule has 0 amide bonds. The van der Waals surface area contributed by atoms with Crippen molar-refractivity contribution in [1.29, 1.82) is 0 Å². The van der Waals surface area contributed by atoms with Crippen LogP contribution in [-0.4, -0.2) is 35.8 Å². The Morgan fingerprint density at radius 1 is 0.789 bits per heavy atom. The van der Waals surface area contributed by atoms with Crippen LogP contribution < -0.4 is 5.73 Å². The van der Waals surface area contributed by atoms with Gasteiger partial charge >= 0.3 is 8.80 Å². The van der Waals surface area contributed by atoms with E-state index in [0.29, 0.717) is 0 Å². The van der Waals surface area contributed by atoms with Gasteiger partial charge in [-0.2, -0.15) is 0 Å². The molecule has 116 valence electrons. The van der Waals surface area contributed by atoms with Gasteiger partial charge in [-0.05, 0) is 6.42 Å². The predicted octanol–water partition coefficient (Wildman–Crippen LogP) is 3.26. The van der Waals surface area contributed by atoms with Gasteiger partial charge in [0.2, 0.25) is 0 Å². The summed E-state index contributed by atoms with van der Waals surface area (Å²) in [6.45, 7) is 2.25. The average Bonchev–Trinajstić information content (AvgIpc) is 2.44. The molecule has 0 aliphatic heterocycles. The van der Waals surface area contributed by atoms with Crippen LogP contribution >= 0.6 is 0 Å². The second kappa shape index (κ2) is 11.8. The molecule has 5 heteroatoms. The molecule has 4 nitrogen and oxygen atoms in total. The van der Waals surface area contributed by atoms with Crippen LogP contribution in [0.4, 0.5) is 0 Å². The van der Waals surface area contributed by atoms with Crippen molar-refractivity contribution >= 4 is 8.80 Å². The first-order valence-corrected chi connectivity index (χ1v) is 9.38. The van der Waals surface area contributed by atoms with Crippen LogP contribution in [0, 0.1) is 0 Å².